The van der Waals surface area contributed by atoms with E-state index in [-0.39, 0.29) is 10.7 Å². The first-order chi connectivity index (χ1) is 8.95. The summed E-state index contributed by atoms with van der Waals surface area (Å²) in [6.45, 7) is 1.88. The number of halogens is 2. The van der Waals surface area contributed by atoms with E-state index in [0.29, 0.717) is 20.8 Å². The average molecular weight is 377 g/mol. The van der Waals surface area contributed by atoms with Gasteiger partial charge in [0.2, 0.25) is 0 Å². The molecule has 2 radical (unpaired) electrons. The van der Waals surface area contributed by atoms with Crippen LogP contribution in [0.5, 0.6) is 0 Å². The summed E-state index contributed by atoms with van der Waals surface area (Å²) in [4.78, 5) is 20.1. The number of carbonyl (C=O) groups excluding carboxylic acids is 1. The Bertz CT molecular complexity index is 660. The first-order valence-corrected chi connectivity index (χ1v) is 7.61. The maximum atomic E-state index is 11.6. The zero-order chi connectivity index (χ0) is 14.2. The molecule has 0 saturated heterocycles. The molecule has 0 saturated carbocycles. The van der Waals surface area contributed by atoms with Crippen molar-refractivity contribution < 1.29 is 9.53 Å². The van der Waals surface area contributed by atoms with Gasteiger partial charge in [-0.05, 0) is 0 Å². The number of rotatable bonds is 2. The third-order valence-corrected chi connectivity index (χ3v) is 5.32. The minimum atomic E-state index is -0.609. The van der Waals surface area contributed by atoms with Crippen molar-refractivity contribution >= 4 is 61.7 Å². The number of aromatic nitrogens is 2. The number of hydrogen-bond donors (Lipinski definition) is 0. The molecule has 0 bridgehead atoms. The third kappa shape index (κ3) is 2.79. The number of nitrogens with zero attached hydrogens (tertiary/aromatic N) is 2. The van der Waals surface area contributed by atoms with Crippen molar-refractivity contribution in [3.8, 4) is 11.4 Å². The maximum absolute atomic E-state index is 11.6. The Morgan fingerprint density at radius 3 is 2.58 bits per heavy atom. The van der Waals surface area contributed by atoms with Gasteiger partial charge in [-0.25, -0.2) is 0 Å². The monoisotopic (exact) mass is 376 g/mol. The summed E-state index contributed by atoms with van der Waals surface area (Å²) in [6, 6.07) is 0. The van der Waals surface area contributed by atoms with Crippen LogP contribution in [0.15, 0.2) is 5.38 Å². The second kappa shape index (κ2) is 5.79. The molecule has 0 spiro atoms. The Balaban J connectivity index is 2.68. The van der Waals surface area contributed by atoms with Gasteiger partial charge in [0, 0.05) is 0 Å². The number of esters is 1. The van der Waals surface area contributed by atoms with Crippen molar-refractivity contribution in [3.63, 3.8) is 0 Å². The van der Waals surface area contributed by atoms with Gasteiger partial charge in [0.15, 0.2) is 0 Å². The van der Waals surface area contributed by atoms with E-state index in [0.717, 1.165) is 5.01 Å². The van der Waals surface area contributed by atoms with E-state index in [4.69, 9.17) is 23.2 Å². The number of pyridine rings is 1. The Morgan fingerprint density at radius 1 is 1.37 bits per heavy atom. The Kier molecular flexibility index (Phi) is 4.51. The van der Waals surface area contributed by atoms with Gasteiger partial charge in [0.1, 0.15) is 0 Å². The summed E-state index contributed by atoms with van der Waals surface area (Å²) < 4.78 is 5.17. The Hall–Kier alpha value is -0.612. The molecule has 2 aromatic rings. The van der Waals surface area contributed by atoms with Crippen LogP contribution in [0.3, 0.4) is 0 Å². The van der Waals surface area contributed by atoms with Gasteiger partial charge in [0.25, 0.3) is 0 Å². The molecule has 0 atom stereocenters. The Labute approximate surface area is 132 Å². The molecule has 0 aliphatic heterocycles. The van der Waals surface area contributed by atoms with Crippen LogP contribution in [0.2, 0.25) is 10.0 Å². The van der Waals surface area contributed by atoms with Crippen LogP contribution in [-0.4, -0.2) is 39.9 Å². The predicted molar refractivity (Wildman–Crippen MR) is 76.8 cm³/mol. The van der Waals surface area contributed by atoms with Gasteiger partial charge >= 0.3 is 133 Å². The number of ether oxygens (including phenoxy) is 1. The van der Waals surface area contributed by atoms with Gasteiger partial charge in [-0.15, -0.1) is 0 Å². The minimum absolute atomic E-state index is 0.0323. The second-order valence-electron chi connectivity index (χ2n) is 3.53. The van der Waals surface area contributed by atoms with Crippen LogP contribution in [0, 0.1) is 6.92 Å². The molecule has 0 N–H and O–H groups in total. The molecule has 0 unspecified atom stereocenters. The van der Waals surface area contributed by atoms with Gasteiger partial charge < -0.3 is 0 Å². The number of methoxy groups -OCH3 is 1. The molecular weight excluding hydrogens is 370 g/mol. The van der Waals surface area contributed by atoms with E-state index in [9.17, 15) is 4.79 Å². The quantitative estimate of drug-likeness (QED) is 0.596. The van der Waals surface area contributed by atoms with E-state index in [1.807, 2.05) is 12.3 Å². The Morgan fingerprint density at radius 2 is 2.05 bits per heavy atom. The van der Waals surface area contributed by atoms with Crippen LogP contribution in [0.4, 0.5) is 0 Å². The van der Waals surface area contributed by atoms with E-state index >= 15 is 0 Å². The predicted octanol–water partition coefficient (Wildman–Crippen LogP) is 2.40. The molecule has 98 valence electrons. The van der Waals surface area contributed by atoms with E-state index < -0.39 is 5.97 Å². The standard InChI is InChI=1S/C11H7AsCl2N2O2S/c1-4-15-5(3-19-4)9-7(13)6(12)8(14)10(16-9)11(17)18-2/h3H,1-2H3. The molecule has 0 fully saturated rings. The van der Waals surface area contributed by atoms with Crippen LogP contribution >= 0.6 is 34.5 Å². The van der Waals surface area contributed by atoms with E-state index in [1.54, 1.807) is 0 Å². The molecule has 4 nitrogen and oxygen atoms in total. The van der Waals surface area contributed by atoms with Gasteiger partial charge in [-0.3, -0.25) is 0 Å². The van der Waals surface area contributed by atoms with Crippen LogP contribution < -0.4 is 4.35 Å². The van der Waals surface area contributed by atoms with E-state index in [2.05, 4.69) is 31.6 Å². The van der Waals surface area contributed by atoms with E-state index in [1.165, 1.54) is 18.4 Å². The van der Waals surface area contributed by atoms with Gasteiger partial charge in [0.05, 0.1) is 0 Å². The molecule has 0 aromatic carbocycles. The van der Waals surface area contributed by atoms with Crippen molar-refractivity contribution in [2.75, 3.05) is 7.11 Å². The number of aryl methyl sites for hydroxylation is 1. The molecule has 0 amide bonds. The third-order valence-electron chi connectivity index (χ3n) is 2.30. The van der Waals surface area contributed by atoms with Crippen molar-refractivity contribution in [1.29, 1.82) is 0 Å². The van der Waals surface area contributed by atoms with Gasteiger partial charge in [-0.1, -0.05) is 0 Å². The fourth-order valence-corrected chi connectivity index (χ4v) is 2.94. The number of hydrogen-bond acceptors (Lipinski definition) is 5. The first kappa shape index (κ1) is 14.8. The molecule has 2 heterocycles. The topological polar surface area (TPSA) is 52.1 Å². The summed E-state index contributed by atoms with van der Waals surface area (Å²) in [5.41, 5.74) is 1.07. The number of carbonyl (C=O) groups is 1. The summed E-state index contributed by atoms with van der Waals surface area (Å²) in [7, 11) is 1.27. The van der Waals surface area contributed by atoms with Crippen LogP contribution in [-0.2, 0) is 4.74 Å². The molecular formula is C11H7AsCl2N2O2S. The van der Waals surface area contributed by atoms with Crippen LogP contribution in [0.25, 0.3) is 11.4 Å². The van der Waals surface area contributed by atoms with Crippen molar-refractivity contribution in [1.82, 2.24) is 9.97 Å². The van der Waals surface area contributed by atoms with Crippen molar-refractivity contribution in [2.45, 2.75) is 6.92 Å². The van der Waals surface area contributed by atoms with Gasteiger partial charge in [-0.2, -0.15) is 0 Å². The molecule has 0 aliphatic rings. The molecule has 19 heavy (non-hydrogen) atoms. The molecule has 2 aromatic heterocycles. The average Bonchev–Trinajstić information content (AvgIpc) is 2.82. The van der Waals surface area contributed by atoms with Crippen LogP contribution in [0.1, 0.15) is 15.5 Å². The van der Waals surface area contributed by atoms with Crippen molar-refractivity contribution in [2.24, 2.45) is 0 Å². The second-order valence-corrected chi connectivity index (χ2v) is 6.29. The normalized spacial score (nSPS) is 10.6. The summed E-state index contributed by atoms with van der Waals surface area (Å²) in [5, 5.41) is 3.25. The zero-order valence-corrected chi connectivity index (χ0v) is 14.1. The summed E-state index contributed by atoms with van der Waals surface area (Å²) >= 11 is 16.0. The number of thiazole rings is 1. The molecule has 8 heteroatoms. The summed E-state index contributed by atoms with van der Waals surface area (Å²) in [6.07, 6.45) is 0. The summed E-state index contributed by atoms with van der Waals surface area (Å²) in [5.74, 6) is -0.609. The fourth-order valence-electron chi connectivity index (χ4n) is 1.40. The SMILES string of the molecule is COC(=O)c1nc(-c2csc(C)n2)c(Cl)c([As])c1Cl. The van der Waals surface area contributed by atoms with Crippen molar-refractivity contribution in [3.05, 3.63) is 26.1 Å². The molecule has 0 aliphatic carbocycles. The zero-order valence-electron chi connectivity index (χ0n) is 9.90. The first-order valence-electron chi connectivity index (χ1n) is 5.04. The fraction of sp³-hybridized carbons (Fsp3) is 0.182. The molecule has 2 rings (SSSR count).